The van der Waals surface area contributed by atoms with Crippen LogP contribution in [0.4, 0.5) is 11.8 Å². The maximum absolute atomic E-state index is 13.0. The van der Waals surface area contributed by atoms with E-state index in [1.807, 2.05) is 31.4 Å². The highest BCUT2D eigenvalue weighted by molar-refractivity contribution is 6.41. The Kier molecular flexibility index (Phi) is 3.54. The molecule has 0 saturated carbocycles. The van der Waals surface area contributed by atoms with Crippen LogP contribution in [-0.2, 0) is 18.4 Å². The van der Waals surface area contributed by atoms with Gasteiger partial charge in [-0.1, -0.05) is 11.6 Å². The highest BCUT2D eigenvalue weighted by Gasteiger charge is 2.37. The first-order valence-corrected chi connectivity index (χ1v) is 7.89. The van der Waals surface area contributed by atoms with Crippen LogP contribution in [0.3, 0.4) is 0 Å². The van der Waals surface area contributed by atoms with Crippen LogP contribution in [0.2, 0.25) is 5.15 Å². The van der Waals surface area contributed by atoms with E-state index in [9.17, 15) is 4.79 Å². The minimum Gasteiger partial charge on any atom is -0.368 e. The fourth-order valence-corrected chi connectivity index (χ4v) is 3.07. The van der Waals surface area contributed by atoms with Crippen LogP contribution in [0, 0.1) is 0 Å². The molecule has 0 aliphatic carbocycles. The Hall–Kier alpha value is -3.13. The monoisotopic (exact) mass is 355 g/mol. The molecule has 1 amide bonds. The molecule has 8 nitrogen and oxygen atoms in total. The third-order valence-electron chi connectivity index (χ3n) is 3.87. The highest BCUT2D eigenvalue weighted by atomic mass is 35.5. The summed E-state index contributed by atoms with van der Waals surface area (Å²) in [6.07, 6.45) is 5.32. The molecule has 3 aromatic rings. The van der Waals surface area contributed by atoms with Crippen molar-refractivity contribution in [3.63, 3.8) is 0 Å². The normalized spacial score (nSPS) is 15.2. The summed E-state index contributed by atoms with van der Waals surface area (Å²) < 4.78 is 1.67. The van der Waals surface area contributed by atoms with Crippen molar-refractivity contribution in [2.24, 2.45) is 7.05 Å². The van der Waals surface area contributed by atoms with Crippen LogP contribution >= 0.6 is 11.6 Å². The van der Waals surface area contributed by atoms with Crippen molar-refractivity contribution in [2.75, 3.05) is 10.6 Å². The molecule has 4 rings (SSSR count). The lowest BCUT2D eigenvalue weighted by Crippen LogP contribution is -2.26. The molecule has 0 radical (unpaired) electrons. The van der Waals surface area contributed by atoms with Crippen LogP contribution in [0.15, 0.2) is 30.6 Å². The van der Waals surface area contributed by atoms with Gasteiger partial charge in [0, 0.05) is 25.1 Å². The summed E-state index contributed by atoms with van der Waals surface area (Å²) in [5, 5.41) is 4.47. The van der Waals surface area contributed by atoms with Gasteiger partial charge in [-0.3, -0.25) is 14.4 Å². The second kappa shape index (κ2) is 5.75. The predicted molar refractivity (Wildman–Crippen MR) is 94.5 cm³/mol. The number of rotatable bonds is 3. The number of aromatic amines is 1. The Morgan fingerprint density at radius 2 is 2.20 bits per heavy atom. The van der Waals surface area contributed by atoms with Crippen molar-refractivity contribution >= 4 is 40.9 Å². The minimum absolute atomic E-state index is 0.0173. The molecule has 0 atom stereocenters. The van der Waals surface area contributed by atoms with Crippen molar-refractivity contribution < 1.29 is 4.79 Å². The number of aromatic nitrogens is 5. The van der Waals surface area contributed by atoms with E-state index in [-0.39, 0.29) is 23.6 Å². The van der Waals surface area contributed by atoms with Crippen LogP contribution in [0.25, 0.3) is 11.6 Å². The summed E-state index contributed by atoms with van der Waals surface area (Å²) in [7, 11) is 1.82. The van der Waals surface area contributed by atoms with Gasteiger partial charge in [0.15, 0.2) is 5.82 Å². The van der Waals surface area contributed by atoms with E-state index in [1.54, 1.807) is 17.0 Å². The number of amides is 1. The number of nitrogens with one attached hydrogen (secondary N) is 1. The van der Waals surface area contributed by atoms with E-state index >= 15 is 0 Å². The maximum atomic E-state index is 13.0. The standard InChI is InChI=1S/C16H14ClN7O/c1-23-6-4-10(22-23)8-24-14-12(13(17)20-16(18)21-14)11(15(24)25)7-9-3-2-5-19-9/h2-7,19H,8H2,1H3,(H2,18,20,21)/b11-7+. The van der Waals surface area contributed by atoms with E-state index < -0.39 is 0 Å². The number of aryl methyl sites for hydroxylation is 1. The number of hydrogen-bond donors (Lipinski definition) is 2. The number of nitrogen functional groups attached to an aromatic ring is 1. The number of halogens is 1. The lowest BCUT2D eigenvalue weighted by atomic mass is 10.1. The van der Waals surface area contributed by atoms with E-state index in [4.69, 9.17) is 17.3 Å². The molecule has 1 aliphatic heterocycles. The Morgan fingerprint density at radius 1 is 1.36 bits per heavy atom. The highest BCUT2D eigenvalue weighted by Crippen LogP contribution is 2.40. The lowest BCUT2D eigenvalue weighted by molar-refractivity contribution is -0.113. The smallest absolute Gasteiger partial charge is 0.260 e. The van der Waals surface area contributed by atoms with Gasteiger partial charge in [0.1, 0.15) is 5.15 Å². The fraction of sp³-hybridized carbons (Fsp3) is 0.125. The van der Waals surface area contributed by atoms with Crippen molar-refractivity contribution in [2.45, 2.75) is 6.54 Å². The molecule has 0 saturated heterocycles. The summed E-state index contributed by atoms with van der Waals surface area (Å²) in [5.74, 6) is 0.187. The number of anilines is 2. The van der Waals surface area contributed by atoms with Gasteiger partial charge < -0.3 is 10.7 Å². The van der Waals surface area contributed by atoms with E-state index in [0.717, 1.165) is 11.4 Å². The first-order chi connectivity index (χ1) is 12.0. The zero-order chi connectivity index (χ0) is 17.6. The molecule has 25 heavy (non-hydrogen) atoms. The van der Waals surface area contributed by atoms with Gasteiger partial charge in [0.25, 0.3) is 5.91 Å². The van der Waals surface area contributed by atoms with Gasteiger partial charge in [-0.05, 0) is 24.3 Å². The molecule has 0 fully saturated rings. The lowest BCUT2D eigenvalue weighted by Gasteiger charge is -2.14. The number of carbonyl (C=O) groups is 1. The maximum Gasteiger partial charge on any atom is 0.260 e. The van der Waals surface area contributed by atoms with Crippen molar-refractivity contribution in [1.82, 2.24) is 24.7 Å². The first kappa shape index (κ1) is 15.4. The molecule has 0 bridgehead atoms. The summed E-state index contributed by atoms with van der Waals surface area (Å²) in [4.78, 5) is 25.8. The van der Waals surface area contributed by atoms with Crippen molar-refractivity contribution in [1.29, 1.82) is 0 Å². The third kappa shape index (κ3) is 2.66. The molecular formula is C16H14ClN7O. The van der Waals surface area contributed by atoms with Gasteiger partial charge >= 0.3 is 0 Å². The average molecular weight is 356 g/mol. The number of H-pyrrole nitrogens is 1. The van der Waals surface area contributed by atoms with Crippen LogP contribution in [0.1, 0.15) is 17.0 Å². The number of hydrogen-bond acceptors (Lipinski definition) is 5. The average Bonchev–Trinajstić information content (AvgIpc) is 3.26. The van der Waals surface area contributed by atoms with Gasteiger partial charge in [-0.25, -0.2) is 4.98 Å². The fourth-order valence-electron chi connectivity index (χ4n) is 2.79. The Bertz CT molecular complexity index is 990. The SMILES string of the molecule is Cn1ccc(CN2C(=O)/C(=C/c3ccc[nH]3)c3c(Cl)nc(N)nc32)n1. The zero-order valence-electron chi connectivity index (χ0n) is 13.3. The van der Waals surface area contributed by atoms with E-state index in [1.165, 1.54) is 4.90 Å². The van der Waals surface area contributed by atoms with Crippen molar-refractivity contribution in [3.05, 3.63) is 52.7 Å². The molecule has 4 heterocycles. The van der Waals surface area contributed by atoms with E-state index in [2.05, 4.69) is 20.1 Å². The van der Waals surface area contributed by atoms with E-state index in [0.29, 0.717) is 17.0 Å². The summed E-state index contributed by atoms with van der Waals surface area (Å²) in [6.45, 7) is 0.265. The summed E-state index contributed by atoms with van der Waals surface area (Å²) in [5.41, 5.74) is 8.13. The van der Waals surface area contributed by atoms with Gasteiger partial charge in [0.2, 0.25) is 5.95 Å². The Balaban J connectivity index is 1.83. The number of nitrogens with zero attached hydrogens (tertiary/aromatic N) is 5. The van der Waals surface area contributed by atoms with Crippen LogP contribution < -0.4 is 10.6 Å². The van der Waals surface area contributed by atoms with Crippen LogP contribution in [0.5, 0.6) is 0 Å². The van der Waals surface area contributed by atoms with Gasteiger partial charge in [-0.15, -0.1) is 0 Å². The largest absolute Gasteiger partial charge is 0.368 e. The predicted octanol–water partition coefficient (Wildman–Crippen LogP) is 1.86. The second-order valence-electron chi connectivity index (χ2n) is 5.63. The molecule has 3 N–H and O–H groups in total. The summed E-state index contributed by atoms with van der Waals surface area (Å²) >= 11 is 6.27. The van der Waals surface area contributed by atoms with Gasteiger partial charge in [0.05, 0.1) is 23.4 Å². The zero-order valence-corrected chi connectivity index (χ0v) is 14.0. The molecule has 0 unspecified atom stereocenters. The molecule has 1 aliphatic rings. The Labute approximate surface area is 147 Å². The quantitative estimate of drug-likeness (QED) is 0.551. The molecular weight excluding hydrogens is 342 g/mol. The molecule has 126 valence electrons. The summed E-state index contributed by atoms with van der Waals surface area (Å²) in [6, 6.07) is 5.54. The molecule has 0 spiro atoms. The Morgan fingerprint density at radius 3 is 2.88 bits per heavy atom. The third-order valence-corrected chi connectivity index (χ3v) is 4.15. The molecule has 9 heteroatoms. The molecule has 3 aromatic heterocycles. The second-order valence-corrected chi connectivity index (χ2v) is 5.98. The molecule has 0 aromatic carbocycles. The minimum atomic E-state index is -0.225. The van der Waals surface area contributed by atoms with Crippen molar-refractivity contribution in [3.8, 4) is 0 Å². The topological polar surface area (TPSA) is 106 Å². The van der Waals surface area contributed by atoms with Crippen LogP contribution in [-0.4, -0.2) is 30.6 Å². The van der Waals surface area contributed by atoms with Gasteiger partial charge in [-0.2, -0.15) is 10.1 Å². The number of nitrogens with two attached hydrogens (primary N) is 1. The number of fused-ring (bicyclic) bond motifs is 1. The number of carbonyl (C=O) groups excluding carboxylic acids is 1. The first-order valence-electron chi connectivity index (χ1n) is 7.52.